The van der Waals surface area contributed by atoms with Crippen LogP contribution < -0.4 is 4.90 Å². The second kappa shape index (κ2) is 12.4. The van der Waals surface area contributed by atoms with Gasteiger partial charge in [0.15, 0.2) is 0 Å². The Bertz CT molecular complexity index is 1670. The summed E-state index contributed by atoms with van der Waals surface area (Å²) in [7, 11) is -3.31. The molecular formula is C30H30N4NiO4S-2. The molecule has 1 saturated heterocycles. The third-order valence-corrected chi connectivity index (χ3v) is 7.87. The summed E-state index contributed by atoms with van der Waals surface area (Å²) in [5, 5.41) is 1.00. The number of pyridine rings is 3. The molecule has 10 heteroatoms. The van der Waals surface area contributed by atoms with Gasteiger partial charge < -0.3 is 9.64 Å². The first-order valence-electron chi connectivity index (χ1n) is 12.6. The van der Waals surface area contributed by atoms with Gasteiger partial charge in [-0.05, 0) is 37.6 Å². The average Bonchev–Trinajstić information content (AvgIpc) is 2.91. The Morgan fingerprint density at radius 3 is 2.42 bits per heavy atom. The summed E-state index contributed by atoms with van der Waals surface area (Å²) in [6, 6.07) is 14.9. The Labute approximate surface area is 242 Å². The number of carbonyl (C=O) groups excluding carboxylic acids is 1. The van der Waals surface area contributed by atoms with Crippen molar-refractivity contribution in [2.24, 2.45) is 0 Å². The number of aryl methyl sites for hydroxylation is 1. The normalized spacial score (nSPS) is 17.2. The molecule has 1 aliphatic rings. The summed E-state index contributed by atoms with van der Waals surface area (Å²) in [6.45, 7) is 11.4. The molecule has 0 unspecified atom stereocenters. The van der Waals surface area contributed by atoms with E-state index in [4.69, 9.17) is 14.7 Å². The average molecular weight is 601 g/mol. The molecule has 5 rings (SSSR count). The number of anilines is 1. The van der Waals surface area contributed by atoms with Gasteiger partial charge in [0.2, 0.25) is 0 Å². The van der Waals surface area contributed by atoms with E-state index < -0.39 is 9.84 Å². The Hall–Kier alpha value is -3.46. The number of nitrogens with zero attached hydrogens (tertiary/aromatic N) is 4. The van der Waals surface area contributed by atoms with E-state index in [1.54, 1.807) is 25.5 Å². The van der Waals surface area contributed by atoms with Crippen LogP contribution in [0.2, 0.25) is 0 Å². The first-order chi connectivity index (χ1) is 19.0. The number of hydrogen-bond acceptors (Lipinski definition) is 8. The van der Waals surface area contributed by atoms with Crippen LogP contribution in [0.15, 0.2) is 59.6 Å². The molecule has 40 heavy (non-hydrogen) atoms. The Morgan fingerprint density at radius 2 is 1.77 bits per heavy atom. The third-order valence-electron chi connectivity index (χ3n) is 6.33. The molecule has 212 valence electrons. The van der Waals surface area contributed by atoms with Crippen LogP contribution >= 0.6 is 0 Å². The minimum atomic E-state index is -3.31. The van der Waals surface area contributed by atoms with Crippen molar-refractivity contribution < 1.29 is 33.0 Å². The molecular weight excluding hydrogens is 571 g/mol. The van der Waals surface area contributed by atoms with E-state index in [-0.39, 0.29) is 22.7 Å². The van der Waals surface area contributed by atoms with Crippen LogP contribution in [0.4, 0.5) is 5.82 Å². The maximum absolute atomic E-state index is 11.4. The maximum atomic E-state index is 11.4. The van der Waals surface area contributed by atoms with Crippen molar-refractivity contribution in [2.45, 2.75) is 37.9 Å². The molecule has 0 N–H and O–H groups in total. The summed E-state index contributed by atoms with van der Waals surface area (Å²) < 4.78 is 28.5. The predicted molar refractivity (Wildman–Crippen MR) is 154 cm³/mol. The molecule has 0 aliphatic carbocycles. The SMILES string of the molecule is Cc1cc([CH]=[Ni])c([C-]=O)cc1S(C)(=O)=O.[CH2-]c1cc2nc(-c3cccc(N4C[C@@H](C)O[C@@H](C)C4)n3)ccc2cn1. The molecule has 0 bridgehead atoms. The summed E-state index contributed by atoms with van der Waals surface area (Å²) in [5.74, 6) is 0.967. The van der Waals surface area contributed by atoms with Gasteiger partial charge in [-0.3, -0.25) is 9.97 Å². The monoisotopic (exact) mass is 600 g/mol. The van der Waals surface area contributed by atoms with Gasteiger partial charge in [0.25, 0.3) is 0 Å². The maximum Gasteiger partial charge on any atom is 0.129 e. The number of morpholine rings is 1. The van der Waals surface area contributed by atoms with Crippen LogP contribution in [-0.4, -0.2) is 66.2 Å². The van der Waals surface area contributed by atoms with Crippen molar-refractivity contribution in [3.05, 3.63) is 84.0 Å². The summed E-state index contributed by atoms with van der Waals surface area (Å²) in [4.78, 5) is 28.2. The van der Waals surface area contributed by atoms with Gasteiger partial charge in [-0.1, -0.05) is 12.1 Å². The van der Waals surface area contributed by atoms with Crippen molar-refractivity contribution in [3.63, 3.8) is 0 Å². The van der Waals surface area contributed by atoms with E-state index in [2.05, 4.69) is 45.7 Å². The number of benzene rings is 1. The van der Waals surface area contributed by atoms with Crippen LogP contribution in [0.5, 0.6) is 0 Å². The first-order valence-corrected chi connectivity index (χ1v) is 15.0. The largest absolute Gasteiger partial charge is 0.372 e. The molecule has 3 aromatic heterocycles. The zero-order valence-electron chi connectivity index (χ0n) is 22.7. The van der Waals surface area contributed by atoms with Gasteiger partial charge >= 0.3 is 96.3 Å². The van der Waals surface area contributed by atoms with E-state index >= 15 is 0 Å². The molecule has 0 spiro atoms. The van der Waals surface area contributed by atoms with Gasteiger partial charge in [-0.2, -0.15) is 6.07 Å². The summed E-state index contributed by atoms with van der Waals surface area (Å²) in [5.41, 5.74) is 4.64. The van der Waals surface area contributed by atoms with Crippen molar-refractivity contribution >= 4 is 37.8 Å². The summed E-state index contributed by atoms with van der Waals surface area (Å²) >= 11 is 4.42. The van der Waals surface area contributed by atoms with Gasteiger partial charge in [-0.25, -0.2) is 11.9 Å². The van der Waals surface area contributed by atoms with Crippen LogP contribution in [-0.2, 0) is 34.4 Å². The number of sulfone groups is 1. The fourth-order valence-electron chi connectivity index (χ4n) is 4.58. The number of rotatable bonds is 5. The van der Waals surface area contributed by atoms with Crippen molar-refractivity contribution in [1.82, 2.24) is 15.0 Å². The number of hydrogen-bond donors (Lipinski definition) is 0. The minimum absolute atomic E-state index is 0.145. The molecule has 1 aromatic carbocycles. The predicted octanol–water partition coefficient (Wildman–Crippen LogP) is 4.04. The number of ether oxygens (including phenoxy) is 1. The van der Waals surface area contributed by atoms with Gasteiger partial charge in [-0.15, -0.1) is 5.69 Å². The quantitative estimate of drug-likeness (QED) is 0.250. The standard InChI is InChI=1S/C20H21N4O.C10H9O3S.Ni/c1-13-9-19-16(10-21-13)7-8-18(22-19)17-5-4-6-20(23-17)24-11-14(2)25-15(3)12-24;1-7-4-8(2)10(14(3,12)13)5-9(7)6-11;/h4-10,14-15H,1,11-12H2,2-3H3;1,4-5H,2-3H3;/q2*-1;/t14-,15+;;. The zero-order valence-corrected chi connectivity index (χ0v) is 24.5. The van der Waals surface area contributed by atoms with E-state index in [1.165, 1.54) is 11.1 Å². The molecule has 0 saturated carbocycles. The van der Waals surface area contributed by atoms with Crippen LogP contribution in [0.25, 0.3) is 22.3 Å². The van der Waals surface area contributed by atoms with Crippen molar-refractivity contribution in [2.75, 3.05) is 24.2 Å². The van der Waals surface area contributed by atoms with E-state index in [0.29, 0.717) is 11.1 Å². The number of aromatic nitrogens is 3. The molecule has 2 atom stereocenters. The third kappa shape index (κ3) is 6.99. The smallest absolute Gasteiger partial charge is 0.129 e. The molecule has 4 heterocycles. The van der Waals surface area contributed by atoms with E-state index in [0.717, 1.165) is 53.1 Å². The van der Waals surface area contributed by atoms with Crippen LogP contribution in [0, 0.1) is 13.8 Å². The van der Waals surface area contributed by atoms with Crippen LogP contribution in [0.3, 0.4) is 0 Å². The van der Waals surface area contributed by atoms with E-state index in [9.17, 15) is 13.2 Å². The molecule has 4 aromatic rings. The van der Waals surface area contributed by atoms with Crippen molar-refractivity contribution in [3.8, 4) is 11.4 Å². The second-order valence-corrected chi connectivity index (χ2v) is 12.0. The first kappa shape index (κ1) is 29.5. The van der Waals surface area contributed by atoms with Crippen molar-refractivity contribution in [1.29, 1.82) is 0 Å². The van der Waals surface area contributed by atoms with Gasteiger partial charge in [0.05, 0.1) is 23.6 Å². The minimum Gasteiger partial charge on any atom is -0.372 e. The molecule has 0 amide bonds. The second-order valence-electron chi connectivity index (χ2n) is 9.78. The fraction of sp³-hybridized carbons (Fsp3) is 0.267. The van der Waals surface area contributed by atoms with E-state index in [1.807, 2.05) is 36.4 Å². The molecule has 1 aliphatic heterocycles. The topological polar surface area (TPSA) is 102 Å². The molecule has 8 nitrogen and oxygen atoms in total. The fourth-order valence-corrected chi connectivity index (χ4v) is 5.79. The Kier molecular flexibility index (Phi) is 9.13. The van der Waals surface area contributed by atoms with Crippen LogP contribution in [0.1, 0.15) is 36.2 Å². The zero-order chi connectivity index (χ0) is 29.0. The Morgan fingerprint density at radius 1 is 1.07 bits per heavy atom. The van der Waals surface area contributed by atoms with Gasteiger partial charge in [0, 0.05) is 24.7 Å². The number of fused-ring (bicyclic) bond motifs is 1. The molecule has 1 fully saturated rings. The Balaban J connectivity index is 0.000000212. The summed E-state index contributed by atoms with van der Waals surface area (Å²) in [6.07, 6.45) is 4.99. The van der Waals surface area contributed by atoms with Gasteiger partial charge in [0.1, 0.15) is 5.82 Å². The molecule has 0 radical (unpaired) electrons.